The van der Waals surface area contributed by atoms with Crippen molar-refractivity contribution in [2.75, 3.05) is 5.75 Å². The minimum atomic E-state index is -4.74. The first-order valence-electron chi connectivity index (χ1n) is 4.91. The largest absolute Gasteiger partial charge is 0.404 e. The van der Waals surface area contributed by atoms with Crippen LogP contribution in [0.2, 0.25) is 0 Å². The van der Waals surface area contributed by atoms with Crippen LogP contribution in [0.5, 0.6) is 0 Å². The molecule has 0 aromatic heterocycles. The molecule has 1 unspecified atom stereocenters. The zero-order valence-corrected chi connectivity index (χ0v) is 11.7. The van der Waals surface area contributed by atoms with E-state index in [0.29, 0.717) is 5.56 Å². The lowest BCUT2D eigenvalue weighted by molar-refractivity contribution is -0.106. The SMILES string of the molecule is CC(NS(=O)(=O)CC(F)(F)F)c1ccc(Br)cc1. The molecule has 1 atom stereocenters. The Morgan fingerprint density at radius 2 is 1.78 bits per heavy atom. The zero-order valence-electron chi connectivity index (χ0n) is 9.33. The van der Waals surface area contributed by atoms with Crippen molar-refractivity contribution >= 4 is 26.0 Å². The van der Waals surface area contributed by atoms with Crippen LogP contribution in [0.3, 0.4) is 0 Å². The Hall–Kier alpha value is -0.600. The van der Waals surface area contributed by atoms with Gasteiger partial charge in [0.1, 0.15) is 0 Å². The number of sulfonamides is 1. The molecule has 1 N–H and O–H groups in total. The Labute approximate surface area is 112 Å². The van der Waals surface area contributed by atoms with Crippen LogP contribution in [0.1, 0.15) is 18.5 Å². The second-order valence-electron chi connectivity index (χ2n) is 3.77. The summed E-state index contributed by atoms with van der Waals surface area (Å²) in [7, 11) is -4.38. The molecule has 0 amide bonds. The van der Waals surface area contributed by atoms with Gasteiger partial charge in [0.05, 0.1) is 0 Å². The van der Waals surface area contributed by atoms with Crippen molar-refractivity contribution in [1.29, 1.82) is 0 Å². The van der Waals surface area contributed by atoms with E-state index < -0.39 is 28.0 Å². The van der Waals surface area contributed by atoms with Gasteiger partial charge in [-0.2, -0.15) is 13.2 Å². The summed E-state index contributed by atoms with van der Waals surface area (Å²) in [5.41, 5.74) is 0.587. The van der Waals surface area contributed by atoms with Crippen LogP contribution in [0.4, 0.5) is 13.2 Å². The summed E-state index contributed by atoms with van der Waals surface area (Å²) in [6.45, 7) is 1.48. The van der Waals surface area contributed by atoms with Gasteiger partial charge in [0.2, 0.25) is 10.0 Å². The van der Waals surface area contributed by atoms with E-state index >= 15 is 0 Å². The third-order valence-electron chi connectivity index (χ3n) is 2.08. The van der Waals surface area contributed by atoms with Crippen LogP contribution in [0, 0.1) is 0 Å². The van der Waals surface area contributed by atoms with Gasteiger partial charge in [0.15, 0.2) is 5.75 Å². The molecule has 8 heteroatoms. The molecule has 0 radical (unpaired) electrons. The predicted molar refractivity (Wildman–Crippen MR) is 65.5 cm³/mol. The molecule has 0 spiro atoms. The molecule has 3 nitrogen and oxygen atoms in total. The first-order valence-corrected chi connectivity index (χ1v) is 7.36. The van der Waals surface area contributed by atoms with Gasteiger partial charge in [0, 0.05) is 10.5 Å². The Morgan fingerprint density at radius 1 is 1.28 bits per heavy atom. The Balaban J connectivity index is 2.76. The maximum Gasteiger partial charge on any atom is 0.404 e. The average molecular weight is 346 g/mol. The molecule has 0 saturated heterocycles. The van der Waals surface area contributed by atoms with Crippen molar-refractivity contribution in [2.45, 2.75) is 19.1 Å². The van der Waals surface area contributed by atoms with E-state index in [1.165, 1.54) is 6.92 Å². The highest BCUT2D eigenvalue weighted by atomic mass is 79.9. The Bertz CT molecular complexity index is 499. The zero-order chi connectivity index (χ0) is 14.0. The summed E-state index contributed by atoms with van der Waals surface area (Å²) < 4.78 is 61.4. The van der Waals surface area contributed by atoms with Crippen LogP contribution in [0.15, 0.2) is 28.7 Å². The molecule has 1 aromatic rings. The van der Waals surface area contributed by atoms with Crippen LogP contribution in [-0.4, -0.2) is 20.3 Å². The second-order valence-corrected chi connectivity index (χ2v) is 6.43. The van der Waals surface area contributed by atoms with E-state index in [0.717, 1.165) is 4.47 Å². The number of hydrogen-bond acceptors (Lipinski definition) is 2. The van der Waals surface area contributed by atoms with Gasteiger partial charge in [-0.25, -0.2) is 13.1 Å². The highest BCUT2D eigenvalue weighted by molar-refractivity contribution is 9.10. The Kier molecular flexibility index (Phi) is 4.79. The molecule has 0 aliphatic rings. The molecule has 18 heavy (non-hydrogen) atoms. The fraction of sp³-hybridized carbons (Fsp3) is 0.400. The molecule has 0 aliphatic carbocycles. The van der Waals surface area contributed by atoms with Crippen molar-refractivity contribution in [3.63, 3.8) is 0 Å². The molecule has 0 heterocycles. The molecule has 1 aromatic carbocycles. The highest BCUT2D eigenvalue weighted by Crippen LogP contribution is 2.20. The standard InChI is InChI=1S/C10H11BrF3NO2S/c1-7(8-2-4-9(11)5-3-8)15-18(16,17)6-10(12,13)14/h2-5,7,15H,6H2,1H3. The van der Waals surface area contributed by atoms with E-state index in [1.807, 2.05) is 4.72 Å². The monoisotopic (exact) mass is 345 g/mol. The summed E-state index contributed by atoms with van der Waals surface area (Å²) >= 11 is 3.21. The number of hydrogen-bond donors (Lipinski definition) is 1. The number of benzene rings is 1. The van der Waals surface area contributed by atoms with E-state index in [4.69, 9.17) is 0 Å². The van der Waals surface area contributed by atoms with E-state index in [1.54, 1.807) is 24.3 Å². The predicted octanol–water partition coefficient (Wildman–Crippen LogP) is 2.99. The molecule has 0 saturated carbocycles. The van der Waals surface area contributed by atoms with Crippen LogP contribution in [0.25, 0.3) is 0 Å². The third-order valence-corrected chi connectivity index (χ3v) is 4.03. The number of nitrogens with one attached hydrogen (secondary N) is 1. The normalized spacial score (nSPS) is 14.5. The fourth-order valence-electron chi connectivity index (χ4n) is 1.35. The van der Waals surface area contributed by atoms with E-state index in [-0.39, 0.29) is 0 Å². The number of halogens is 4. The van der Waals surface area contributed by atoms with Crippen molar-refractivity contribution in [1.82, 2.24) is 4.72 Å². The Morgan fingerprint density at radius 3 is 2.22 bits per heavy atom. The van der Waals surface area contributed by atoms with Gasteiger partial charge in [-0.3, -0.25) is 0 Å². The lowest BCUT2D eigenvalue weighted by Crippen LogP contribution is -2.35. The molecule has 102 valence electrons. The van der Waals surface area contributed by atoms with E-state index in [2.05, 4.69) is 15.9 Å². The summed E-state index contributed by atoms with van der Waals surface area (Å²) in [5, 5.41) is 0. The first kappa shape index (κ1) is 15.5. The fourth-order valence-corrected chi connectivity index (χ4v) is 2.80. The topological polar surface area (TPSA) is 46.2 Å². The molecule has 1 rings (SSSR count). The van der Waals surface area contributed by atoms with Crippen LogP contribution >= 0.6 is 15.9 Å². The second kappa shape index (κ2) is 5.58. The smallest absolute Gasteiger partial charge is 0.212 e. The molecular formula is C10H11BrF3NO2S. The van der Waals surface area contributed by atoms with Crippen molar-refractivity contribution < 1.29 is 21.6 Å². The summed E-state index contributed by atoms with van der Waals surface area (Å²) in [6, 6.07) is 5.91. The molecule has 0 bridgehead atoms. The van der Waals surface area contributed by atoms with Gasteiger partial charge in [-0.05, 0) is 24.6 Å². The lowest BCUT2D eigenvalue weighted by atomic mass is 10.1. The van der Waals surface area contributed by atoms with Gasteiger partial charge < -0.3 is 0 Å². The van der Waals surface area contributed by atoms with Gasteiger partial charge in [-0.1, -0.05) is 28.1 Å². The highest BCUT2D eigenvalue weighted by Gasteiger charge is 2.35. The number of alkyl halides is 3. The van der Waals surface area contributed by atoms with Crippen molar-refractivity contribution in [3.05, 3.63) is 34.3 Å². The number of rotatable bonds is 4. The maximum atomic E-state index is 12.0. The van der Waals surface area contributed by atoms with Gasteiger partial charge in [0.25, 0.3) is 0 Å². The lowest BCUT2D eigenvalue weighted by Gasteiger charge is -2.15. The van der Waals surface area contributed by atoms with Crippen molar-refractivity contribution in [2.24, 2.45) is 0 Å². The van der Waals surface area contributed by atoms with Crippen molar-refractivity contribution in [3.8, 4) is 0 Å². The van der Waals surface area contributed by atoms with Gasteiger partial charge in [-0.15, -0.1) is 0 Å². The third kappa shape index (κ3) is 5.36. The molecular weight excluding hydrogens is 335 g/mol. The van der Waals surface area contributed by atoms with E-state index in [9.17, 15) is 21.6 Å². The van der Waals surface area contributed by atoms with Crippen LogP contribution in [-0.2, 0) is 10.0 Å². The maximum absolute atomic E-state index is 12.0. The summed E-state index contributed by atoms with van der Waals surface area (Å²) in [6.07, 6.45) is -4.74. The minimum absolute atomic E-state index is 0.587. The van der Waals surface area contributed by atoms with Gasteiger partial charge >= 0.3 is 6.18 Å². The summed E-state index contributed by atoms with van der Waals surface area (Å²) in [5.74, 6) is -1.87. The quantitative estimate of drug-likeness (QED) is 0.911. The molecule has 0 aliphatic heterocycles. The van der Waals surface area contributed by atoms with Crippen LogP contribution < -0.4 is 4.72 Å². The minimum Gasteiger partial charge on any atom is -0.212 e. The first-order chi connectivity index (χ1) is 8.09. The molecule has 0 fully saturated rings. The average Bonchev–Trinajstić information content (AvgIpc) is 2.13. The summed E-state index contributed by atoms with van der Waals surface area (Å²) in [4.78, 5) is 0.